The molecule has 0 unspecified atom stereocenters. The summed E-state index contributed by atoms with van der Waals surface area (Å²) in [6.45, 7) is 4.19. The van der Waals surface area contributed by atoms with E-state index in [9.17, 15) is 5.11 Å². The number of aliphatic hydroxyl groups is 1. The molecular formula is C11H17NO2S. The summed E-state index contributed by atoms with van der Waals surface area (Å²) < 4.78 is 5.08. The van der Waals surface area contributed by atoms with E-state index in [0.717, 1.165) is 15.6 Å². The average molecular weight is 227 g/mol. The molecule has 3 nitrogen and oxygen atoms in total. The average Bonchev–Trinajstić information content (AvgIpc) is 2.87. The Morgan fingerprint density at radius 2 is 2.20 bits per heavy atom. The number of thiazole rings is 1. The van der Waals surface area contributed by atoms with Gasteiger partial charge in [-0.25, -0.2) is 4.98 Å². The van der Waals surface area contributed by atoms with E-state index in [1.54, 1.807) is 18.4 Å². The van der Waals surface area contributed by atoms with Crippen molar-refractivity contribution in [1.82, 2.24) is 4.98 Å². The van der Waals surface area contributed by atoms with Crippen LogP contribution >= 0.6 is 11.3 Å². The van der Waals surface area contributed by atoms with E-state index in [1.807, 2.05) is 13.8 Å². The molecule has 1 aromatic rings. The SMILES string of the molecule is COCc1nc(C2CC2)c(C(C)(C)O)s1. The highest BCUT2D eigenvalue weighted by Gasteiger charge is 2.34. The van der Waals surface area contributed by atoms with Crippen molar-refractivity contribution in [3.63, 3.8) is 0 Å². The van der Waals surface area contributed by atoms with Crippen LogP contribution in [0, 0.1) is 0 Å². The van der Waals surface area contributed by atoms with Gasteiger partial charge >= 0.3 is 0 Å². The normalized spacial score (nSPS) is 17.1. The van der Waals surface area contributed by atoms with Gasteiger partial charge in [0.25, 0.3) is 0 Å². The first-order chi connectivity index (χ1) is 7.02. The summed E-state index contributed by atoms with van der Waals surface area (Å²) in [7, 11) is 1.67. The van der Waals surface area contributed by atoms with Gasteiger partial charge in [-0.3, -0.25) is 0 Å². The molecule has 1 N–H and O–H groups in total. The lowest BCUT2D eigenvalue weighted by Gasteiger charge is -2.16. The summed E-state index contributed by atoms with van der Waals surface area (Å²) in [5, 5.41) is 11.0. The molecule has 1 saturated carbocycles. The summed E-state index contributed by atoms with van der Waals surface area (Å²) in [5.41, 5.74) is 0.321. The van der Waals surface area contributed by atoms with Crippen molar-refractivity contribution in [2.45, 2.75) is 44.8 Å². The first-order valence-electron chi connectivity index (χ1n) is 5.23. The number of hydrogen-bond donors (Lipinski definition) is 1. The fourth-order valence-electron chi connectivity index (χ4n) is 1.64. The molecule has 0 saturated heterocycles. The fourth-order valence-corrected chi connectivity index (χ4v) is 2.76. The highest BCUT2D eigenvalue weighted by Crippen LogP contribution is 2.45. The van der Waals surface area contributed by atoms with Crippen LogP contribution in [0.25, 0.3) is 0 Å². The smallest absolute Gasteiger partial charge is 0.119 e. The predicted molar refractivity (Wildman–Crippen MR) is 60.0 cm³/mol. The largest absolute Gasteiger partial charge is 0.385 e. The molecule has 1 fully saturated rings. The fraction of sp³-hybridized carbons (Fsp3) is 0.727. The molecule has 1 aliphatic rings. The molecular weight excluding hydrogens is 210 g/mol. The monoisotopic (exact) mass is 227 g/mol. The van der Waals surface area contributed by atoms with E-state index in [0.29, 0.717) is 12.5 Å². The third kappa shape index (κ3) is 2.38. The van der Waals surface area contributed by atoms with Crippen LogP contribution in [0.5, 0.6) is 0 Å². The van der Waals surface area contributed by atoms with E-state index in [2.05, 4.69) is 4.98 Å². The zero-order chi connectivity index (χ0) is 11.1. The molecule has 0 aromatic carbocycles. The minimum absolute atomic E-state index is 0.542. The molecule has 0 aliphatic heterocycles. The van der Waals surface area contributed by atoms with Gasteiger partial charge in [0, 0.05) is 13.0 Å². The lowest BCUT2D eigenvalue weighted by atomic mass is 10.0. The van der Waals surface area contributed by atoms with Crippen LogP contribution in [0.15, 0.2) is 0 Å². The third-order valence-electron chi connectivity index (χ3n) is 2.49. The van der Waals surface area contributed by atoms with E-state index >= 15 is 0 Å². The molecule has 0 atom stereocenters. The molecule has 0 amide bonds. The van der Waals surface area contributed by atoms with Gasteiger partial charge in [-0.05, 0) is 26.7 Å². The predicted octanol–water partition coefficient (Wildman–Crippen LogP) is 2.39. The van der Waals surface area contributed by atoms with Crippen molar-refractivity contribution in [3.8, 4) is 0 Å². The molecule has 0 radical (unpaired) electrons. The number of methoxy groups -OCH3 is 1. The summed E-state index contributed by atoms with van der Waals surface area (Å²) >= 11 is 1.57. The first-order valence-corrected chi connectivity index (χ1v) is 6.05. The van der Waals surface area contributed by atoms with E-state index < -0.39 is 5.60 Å². The van der Waals surface area contributed by atoms with Crippen LogP contribution < -0.4 is 0 Å². The molecule has 2 rings (SSSR count). The first kappa shape index (κ1) is 11.0. The number of nitrogens with zero attached hydrogens (tertiary/aromatic N) is 1. The Labute approximate surface area is 94.1 Å². The zero-order valence-corrected chi connectivity index (χ0v) is 10.2. The molecule has 0 bridgehead atoms. The minimum atomic E-state index is -0.776. The Morgan fingerprint density at radius 1 is 1.53 bits per heavy atom. The standard InChI is InChI=1S/C11H17NO2S/c1-11(2,13)10-9(7-4-5-7)12-8(15-10)6-14-3/h7,13H,4-6H2,1-3H3. The van der Waals surface area contributed by atoms with E-state index in [4.69, 9.17) is 4.74 Å². The number of aromatic nitrogens is 1. The van der Waals surface area contributed by atoms with Crippen molar-refractivity contribution in [1.29, 1.82) is 0 Å². The topological polar surface area (TPSA) is 42.4 Å². The van der Waals surface area contributed by atoms with Gasteiger partial charge in [-0.2, -0.15) is 0 Å². The minimum Gasteiger partial charge on any atom is -0.385 e. The molecule has 1 aliphatic carbocycles. The summed E-state index contributed by atoms with van der Waals surface area (Å²) in [6.07, 6.45) is 2.42. The van der Waals surface area contributed by atoms with Crippen LogP contribution in [0.4, 0.5) is 0 Å². The van der Waals surface area contributed by atoms with Crippen LogP contribution in [0.1, 0.15) is 48.2 Å². The van der Waals surface area contributed by atoms with Crippen LogP contribution in [-0.2, 0) is 16.9 Å². The second-order valence-corrected chi connectivity index (χ2v) is 5.67. The Kier molecular flexibility index (Phi) is 2.83. The van der Waals surface area contributed by atoms with Gasteiger partial charge in [-0.15, -0.1) is 11.3 Å². The molecule has 0 spiro atoms. The molecule has 1 heterocycles. The van der Waals surface area contributed by atoms with Crippen LogP contribution in [0.3, 0.4) is 0 Å². The van der Waals surface area contributed by atoms with Gasteiger partial charge in [-0.1, -0.05) is 0 Å². The summed E-state index contributed by atoms with van der Waals surface area (Å²) in [6, 6.07) is 0. The molecule has 4 heteroatoms. The van der Waals surface area contributed by atoms with Crippen LogP contribution in [-0.4, -0.2) is 17.2 Å². The summed E-state index contributed by atoms with van der Waals surface area (Å²) in [4.78, 5) is 5.57. The Bertz CT molecular complexity index is 350. The van der Waals surface area contributed by atoms with Crippen molar-refractivity contribution in [3.05, 3.63) is 15.6 Å². The second kappa shape index (κ2) is 3.85. The van der Waals surface area contributed by atoms with Gasteiger partial charge in [0.2, 0.25) is 0 Å². The summed E-state index contributed by atoms with van der Waals surface area (Å²) in [5.74, 6) is 0.577. The molecule has 84 valence electrons. The lowest BCUT2D eigenvalue weighted by Crippen LogP contribution is -2.15. The lowest BCUT2D eigenvalue weighted by molar-refractivity contribution is 0.0813. The van der Waals surface area contributed by atoms with E-state index in [-0.39, 0.29) is 0 Å². The van der Waals surface area contributed by atoms with Crippen molar-refractivity contribution < 1.29 is 9.84 Å². The van der Waals surface area contributed by atoms with Crippen LogP contribution in [0.2, 0.25) is 0 Å². The number of hydrogen-bond acceptors (Lipinski definition) is 4. The number of ether oxygens (including phenoxy) is 1. The second-order valence-electron chi connectivity index (χ2n) is 4.59. The van der Waals surface area contributed by atoms with Crippen molar-refractivity contribution >= 4 is 11.3 Å². The van der Waals surface area contributed by atoms with Crippen molar-refractivity contribution in [2.24, 2.45) is 0 Å². The van der Waals surface area contributed by atoms with Crippen molar-refractivity contribution in [2.75, 3.05) is 7.11 Å². The van der Waals surface area contributed by atoms with Gasteiger partial charge in [0.1, 0.15) is 5.01 Å². The van der Waals surface area contributed by atoms with Gasteiger partial charge < -0.3 is 9.84 Å². The van der Waals surface area contributed by atoms with Gasteiger partial charge in [0.15, 0.2) is 0 Å². The quantitative estimate of drug-likeness (QED) is 0.858. The van der Waals surface area contributed by atoms with Gasteiger partial charge in [0.05, 0.1) is 22.8 Å². The number of rotatable bonds is 4. The highest BCUT2D eigenvalue weighted by molar-refractivity contribution is 7.11. The molecule has 15 heavy (non-hydrogen) atoms. The zero-order valence-electron chi connectivity index (χ0n) is 9.41. The Hall–Kier alpha value is -0.450. The maximum Gasteiger partial charge on any atom is 0.119 e. The maximum atomic E-state index is 10.1. The molecule has 1 aromatic heterocycles. The Morgan fingerprint density at radius 3 is 2.67 bits per heavy atom. The highest BCUT2D eigenvalue weighted by atomic mass is 32.1. The maximum absolute atomic E-state index is 10.1. The van der Waals surface area contributed by atoms with E-state index in [1.165, 1.54) is 12.8 Å². The third-order valence-corrected chi connectivity index (χ3v) is 3.84. The Balaban J connectivity index is 2.33.